The molecule has 2 rings (SSSR count). The minimum Gasteiger partial charge on any atom is -0.506 e. The fraction of sp³-hybridized carbons (Fsp3) is 0.0833. The first-order valence-electron chi connectivity index (χ1n) is 4.72. The molecule has 0 atom stereocenters. The zero-order chi connectivity index (χ0) is 11.9. The number of halogens is 1. The highest BCUT2D eigenvalue weighted by molar-refractivity contribution is 9.10. The van der Waals surface area contributed by atoms with Gasteiger partial charge in [-0.1, -0.05) is 23.7 Å². The van der Waals surface area contributed by atoms with Crippen molar-refractivity contribution in [1.82, 2.24) is 0 Å². The van der Waals surface area contributed by atoms with Crippen LogP contribution < -0.4 is 5.46 Å². The topological polar surface area (TPSA) is 37.3 Å². The van der Waals surface area contributed by atoms with Gasteiger partial charge in [-0.3, -0.25) is 4.79 Å². The molecule has 2 aromatic rings. The van der Waals surface area contributed by atoms with E-state index in [1.54, 1.807) is 24.3 Å². The Morgan fingerprint density at radius 2 is 2.06 bits per heavy atom. The molecule has 78 valence electrons. The molecule has 2 nitrogen and oxygen atoms in total. The van der Waals surface area contributed by atoms with E-state index in [0.29, 0.717) is 15.5 Å². The smallest absolute Gasteiger partial charge is 0.163 e. The minimum absolute atomic E-state index is 0.0234. The van der Waals surface area contributed by atoms with E-state index in [9.17, 15) is 9.90 Å². The van der Waals surface area contributed by atoms with Crippen molar-refractivity contribution in [2.24, 2.45) is 0 Å². The Morgan fingerprint density at radius 3 is 2.69 bits per heavy atom. The molecule has 0 aromatic heterocycles. The third-order valence-electron chi connectivity index (χ3n) is 2.45. The van der Waals surface area contributed by atoms with Crippen molar-refractivity contribution < 1.29 is 9.90 Å². The normalized spacial score (nSPS) is 10.6. The number of ketones is 1. The number of carbonyl (C=O) groups excluding carboxylic acids is 1. The summed E-state index contributed by atoms with van der Waals surface area (Å²) in [5, 5.41) is 11.5. The van der Waals surface area contributed by atoms with Gasteiger partial charge in [0.1, 0.15) is 13.6 Å². The van der Waals surface area contributed by atoms with Crippen molar-refractivity contribution in [3.05, 3.63) is 34.3 Å². The van der Waals surface area contributed by atoms with Crippen LogP contribution in [0.5, 0.6) is 5.75 Å². The molecule has 0 saturated heterocycles. The number of carbonyl (C=O) groups is 1. The molecule has 0 heterocycles. The van der Waals surface area contributed by atoms with Crippen molar-refractivity contribution >= 4 is 45.8 Å². The van der Waals surface area contributed by atoms with E-state index in [-0.39, 0.29) is 11.5 Å². The van der Waals surface area contributed by atoms with E-state index in [0.717, 1.165) is 10.8 Å². The first-order valence-corrected chi connectivity index (χ1v) is 5.51. The number of hydrogen-bond donors (Lipinski definition) is 1. The van der Waals surface area contributed by atoms with E-state index < -0.39 is 0 Å². The van der Waals surface area contributed by atoms with Gasteiger partial charge in [-0.15, -0.1) is 0 Å². The summed E-state index contributed by atoms with van der Waals surface area (Å²) in [6.45, 7) is 1.42. The van der Waals surface area contributed by atoms with Gasteiger partial charge in [0, 0.05) is 0 Å². The first-order chi connectivity index (χ1) is 7.50. The zero-order valence-electron chi connectivity index (χ0n) is 8.62. The van der Waals surface area contributed by atoms with E-state index in [1.165, 1.54) is 6.92 Å². The van der Waals surface area contributed by atoms with Crippen LogP contribution >= 0.6 is 15.9 Å². The van der Waals surface area contributed by atoms with Crippen LogP contribution in [-0.4, -0.2) is 18.7 Å². The Morgan fingerprint density at radius 1 is 1.38 bits per heavy atom. The molecule has 2 radical (unpaired) electrons. The van der Waals surface area contributed by atoms with Crippen LogP contribution in [0, 0.1) is 0 Å². The predicted octanol–water partition coefficient (Wildman–Crippen LogP) is 2.30. The predicted molar refractivity (Wildman–Crippen MR) is 68.7 cm³/mol. The average molecular weight is 275 g/mol. The minimum atomic E-state index is -0.178. The van der Waals surface area contributed by atoms with Crippen LogP contribution in [0.1, 0.15) is 17.3 Å². The molecule has 0 saturated carbocycles. The highest BCUT2D eigenvalue weighted by Gasteiger charge is 2.13. The molecule has 0 fully saturated rings. The lowest BCUT2D eigenvalue weighted by molar-refractivity contribution is 0.101. The van der Waals surface area contributed by atoms with Crippen LogP contribution in [-0.2, 0) is 0 Å². The fourth-order valence-corrected chi connectivity index (χ4v) is 2.21. The average Bonchev–Trinajstić information content (AvgIpc) is 2.22. The van der Waals surface area contributed by atoms with Crippen molar-refractivity contribution in [1.29, 1.82) is 0 Å². The van der Waals surface area contributed by atoms with Crippen LogP contribution in [0.3, 0.4) is 0 Å². The van der Waals surface area contributed by atoms with Crippen LogP contribution in [0.2, 0.25) is 0 Å². The van der Waals surface area contributed by atoms with E-state index >= 15 is 0 Å². The molecule has 2 aromatic carbocycles. The molecule has 0 aliphatic carbocycles. The summed E-state index contributed by atoms with van der Waals surface area (Å²) in [6, 6.07) is 6.97. The maximum atomic E-state index is 11.3. The number of hydrogen-bond acceptors (Lipinski definition) is 2. The summed E-state index contributed by atoms with van der Waals surface area (Å²) in [5.74, 6) is -0.202. The lowest BCUT2D eigenvalue weighted by Gasteiger charge is -2.08. The number of rotatable bonds is 1. The summed E-state index contributed by atoms with van der Waals surface area (Å²) in [4.78, 5) is 11.3. The molecular weight excluding hydrogens is 267 g/mol. The third-order valence-corrected chi connectivity index (χ3v) is 3.26. The highest BCUT2D eigenvalue weighted by Crippen LogP contribution is 2.35. The summed E-state index contributed by atoms with van der Waals surface area (Å²) < 4.78 is 0.523. The van der Waals surface area contributed by atoms with Crippen LogP contribution in [0.4, 0.5) is 0 Å². The van der Waals surface area contributed by atoms with Crippen LogP contribution in [0.25, 0.3) is 10.8 Å². The molecule has 1 N–H and O–H groups in total. The van der Waals surface area contributed by atoms with Gasteiger partial charge in [-0.05, 0) is 39.7 Å². The van der Waals surface area contributed by atoms with Gasteiger partial charge in [0.25, 0.3) is 0 Å². The SMILES string of the molecule is [B]c1ccc2c(Br)c(O)c(C(C)=O)cc2c1. The molecule has 0 aliphatic rings. The largest absolute Gasteiger partial charge is 0.506 e. The van der Waals surface area contributed by atoms with Crippen molar-refractivity contribution in [3.63, 3.8) is 0 Å². The lowest BCUT2D eigenvalue weighted by atomic mass is 9.92. The fourth-order valence-electron chi connectivity index (χ4n) is 1.64. The van der Waals surface area contributed by atoms with Gasteiger partial charge in [-0.25, -0.2) is 0 Å². The summed E-state index contributed by atoms with van der Waals surface area (Å²) in [5.41, 5.74) is 0.921. The van der Waals surface area contributed by atoms with Gasteiger partial charge in [0.2, 0.25) is 0 Å². The second kappa shape index (κ2) is 3.94. The molecule has 0 unspecified atom stereocenters. The Hall–Kier alpha value is -1.29. The number of benzene rings is 2. The molecule has 4 heteroatoms. The second-order valence-electron chi connectivity index (χ2n) is 3.62. The van der Waals surface area contributed by atoms with Gasteiger partial charge >= 0.3 is 0 Å². The van der Waals surface area contributed by atoms with Gasteiger partial charge in [0.05, 0.1) is 10.0 Å². The monoisotopic (exact) mass is 274 g/mol. The lowest BCUT2D eigenvalue weighted by Crippen LogP contribution is -2.01. The number of phenolic OH excluding ortho intramolecular Hbond substituents is 1. The molecule has 16 heavy (non-hydrogen) atoms. The van der Waals surface area contributed by atoms with E-state index in [1.807, 2.05) is 0 Å². The van der Waals surface area contributed by atoms with E-state index in [2.05, 4.69) is 15.9 Å². The quantitative estimate of drug-likeness (QED) is 0.640. The Bertz CT molecular complexity index is 593. The molecule has 0 spiro atoms. The highest BCUT2D eigenvalue weighted by atomic mass is 79.9. The molecule has 0 bridgehead atoms. The van der Waals surface area contributed by atoms with Gasteiger partial charge in [-0.2, -0.15) is 0 Å². The molecule has 0 aliphatic heterocycles. The summed E-state index contributed by atoms with van der Waals surface area (Å²) in [7, 11) is 5.68. The van der Waals surface area contributed by atoms with E-state index in [4.69, 9.17) is 7.85 Å². The number of Topliss-reactive ketones (excluding diaryl/α,β-unsaturated/α-hetero) is 1. The van der Waals surface area contributed by atoms with Crippen molar-refractivity contribution in [3.8, 4) is 5.75 Å². The maximum absolute atomic E-state index is 11.3. The first kappa shape index (κ1) is 11.2. The standard InChI is InChI=1S/C12H8BBrO2/c1-6(15)10-5-7-4-8(13)2-3-9(7)11(14)12(10)16/h2-5,16H,1H3. The van der Waals surface area contributed by atoms with Gasteiger partial charge < -0.3 is 5.11 Å². The van der Waals surface area contributed by atoms with Crippen LogP contribution in [0.15, 0.2) is 28.7 Å². The summed E-state index contributed by atoms with van der Waals surface area (Å²) >= 11 is 3.28. The van der Waals surface area contributed by atoms with Gasteiger partial charge in [0.15, 0.2) is 5.78 Å². The maximum Gasteiger partial charge on any atom is 0.163 e. The third kappa shape index (κ3) is 1.73. The number of phenols is 1. The Labute approximate surface area is 103 Å². The summed E-state index contributed by atoms with van der Waals surface area (Å²) in [6.07, 6.45) is 0. The molecular formula is C12H8BBrO2. The second-order valence-corrected chi connectivity index (χ2v) is 4.42. The Balaban J connectivity index is 2.88. The Kier molecular flexibility index (Phi) is 2.76. The molecule has 0 amide bonds. The number of aromatic hydroxyl groups is 1. The zero-order valence-corrected chi connectivity index (χ0v) is 10.2. The van der Waals surface area contributed by atoms with Crippen molar-refractivity contribution in [2.45, 2.75) is 6.92 Å². The van der Waals surface area contributed by atoms with Crippen molar-refractivity contribution in [2.75, 3.05) is 0 Å². The number of fused-ring (bicyclic) bond motifs is 1.